The highest BCUT2D eigenvalue weighted by molar-refractivity contribution is 6.33. The highest BCUT2D eigenvalue weighted by Gasteiger charge is 2.11. The summed E-state index contributed by atoms with van der Waals surface area (Å²) < 4.78 is 5.05. The van der Waals surface area contributed by atoms with Crippen LogP contribution < -0.4 is 5.32 Å². The number of nitrogens with zero attached hydrogens (tertiary/aromatic N) is 2. The van der Waals surface area contributed by atoms with Crippen molar-refractivity contribution >= 4 is 17.6 Å². The molecule has 0 amide bonds. The minimum atomic E-state index is 0.250. The maximum Gasteiger partial charge on any atom is 0.321 e. The van der Waals surface area contributed by atoms with Gasteiger partial charge in [-0.15, -0.1) is 0 Å². The van der Waals surface area contributed by atoms with Crippen molar-refractivity contribution in [3.63, 3.8) is 0 Å². The van der Waals surface area contributed by atoms with Gasteiger partial charge in [0.15, 0.2) is 0 Å². The molecule has 2 rings (SSSR count). The molecule has 0 spiro atoms. The van der Waals surface area contributed by atoms with E-state index in [4.69, 9.17) is 16.1 Å². The topological polar surface area (TPSA) is 51.0 Å². The highest BCUT2D eigenvalue weighted by atomic mass is 35.5. The van der Waals surface area contributed by atoms with Crippen molar-refractivity contribution in [3.05, 3.63) is 29.3 Å². The molecule has 0 bridgehead atoms. The Bertz CT molecular complexity index is 482. The molecule has 0 saturated carbocycles. The van der Waals surface area contributed by atoms with Crippen LogP contribution in [0.1, 0.15) is 13.8 Å². The van der Waals surface area contributed by atoms with Crippen molar-refractivity contribution in [3.8, 4) is 11.4 Å². The van der Waals surface area contributed by atoms with E-state index in [0.717, 1.165) is 5.56 Å². The standard InChI is InChI=1S/C11H12ClN3O/c1-7(2)13-11-14-10(15-16-11)8-5-3-4-6-9(8)12/h3-7H,1-2H3,(H,13,14,15). The van der Waals surface area contributed by atoms with Crippen molar-refractivity contribution in [1.82, 2.24) is 10.1 Å². The van der Waals surface area contributed by atoms with Gasteiger partial charge in [0.2, 0.25) is 5.82 Å². The molecule has 5 heteroatoms. The van der Waals surface area contributed by atoms with Crippen LogP contribution in [0.3, 0.4) is 0 Å². The maximum atomic E-state index is 6.03. The fourth-order valence-corrected chi connectivity index (χ4v) is 1.50. The summed E-state index contributed by atoms with van der Waals surface area (Å²) in [6, 6.07) is 8.05. The van der Waals surface area contributed by atoms with E-state index in [-0.39, 0.29) is 6.04 Å². The number of anilines is 1. The van der Waals surface area contributed by atoms with E-state index in [1.165, 1.54) is 0 Å². The monoisotopic (exact) mass is 237 g/mol. The maximum absolute atomic E-state index is 6.03. The predicted octanol–water partition coefficient (Wildman–Crippen LogP) is 3.21. The van der Waals surface area contributed by atoms with Crippen LogP contribution in [0.5, 0.6) is 0 Å². The molecule has 0 unspecified atom stereocenters. The number of halogens is 1. The van der Waals surface area contributed by atoms with Gasteiger partial charge in [0, 0.05) is 11.6 Å². The molecule has 1 heterocycles. The van der Waals surface area contributed by atoms with Gasteiger partial charge in [0.05, 0.1) is 5.02 Å². The number of benzene rings is 1. The molecule has 16 heavy (non-hydrogen) atoms. The molecular formula is C11H12ClN3O. The first kappa shape index (κ1) is 11.0. The van der Waals surface area contributed by atoms with E-state index >= 15 is 0 Å². The molecule has 0 saturated heterocycles. The Kier molecular flexibility index (Phi) is 3.10. The van der Waals surface area contributed by atoms with Crippen molar-refractivity contribution in [2.75, 3.05) is 5.32 Å². The second-order valence-corrected chi connectivity index (χ2v) is 4.11. The molecule has 84 valence electrons. The van der Waals surface area contributed by atoms with E-state index in [1.54, 1.807) is 6.07 Å². The number of aromatic nitrogens is 2. The third-order valence-corrected chi connectivity index (χ3v) is 2.28. The summed E-state index contributed by atoms with van der Waals surface area (Å²) in [4.78, 5) is 4.21. The molecule has 0 aliphatic rings. The lowest BCUT2D eigenvalue weighted by molar-refractivity contribution is 0.429. The molecule has 0 aliphatic heterocycles. The lowest BCUT2D eigenvalue weighted by Crippen LogP contribution is -2.09. The Morgan fingerprint density at radius 3 is 2.75 bits per heavy atom. The van der Waals surface area contributed by atoms with Gasteiger partial charge in [-0.25, -0.2) is 0 Å². The summed E-state index contributed by atoms with van der Waals surface area (Å²) in [5.74, 6) is 0.494. The van der Waals surface area contributed by atoms with Crippen LogP contribution in [-0.4, -0.2) is 16.2 Å². The number of hydrogen-bond acceptors (Lipinski definition) is 4. The van der Waals surface area contributed by atoms with Gasteiger partial charge in [-0.05, 0) is 26.0 Å². The molecule has 1 aromatic heterocycles. The van der Waals surface area contributed by atoms with Gasteiger partial charge < -0.3 is 9.84 Å². The minimum absolute atomic E-state index is 0.250. The first-order chi connectivity index (χ1) is 7.66. The molecule has 0 atom stereocenters. The zero-order chi connectivity index (χ0) is 11.5. The SMILES string of the molecule is CC(C)Nc1nc(-c2ccccc2Cl)no1. The van der Waals surface area contributed by atoms with Crippen molar-refractivity contribution in [1.29, 1.82) is 0 Å². The summed E-state index contributed by atoms with van der Waals surface area (Å²) in [6.45, 7) is 4.00. The molecule has 1 aromatic carbocycles. The second kappa shape index (κ2) is 4.53. The minimum Gasteiger partial charge on any atom is -0.336 e. The van der Waals surface area contributed by atoms with Crippen molar-refractivity contribution < 1.29 is 4.52 Å². The second-order valence-electron chi connectivity index (χ2n) is 3.70. The highest BCUT2D eigenvalue weighted by Crippen LogP contribution is 2.25. The van der Waals surface area contributed by atoms with Crippen LogP contribution >= 0.6 is 11.6 Å². The van der Waals surface area contributed by atoms with Gasteiger partial charge in [-0.2, -0.15) is 4.98 Å². The van der Waals surface area contributed by atoms with Gasteiger partial charge in [0.25, 0.3) is 0 Å². The Balaban J connectivity index is 2.28. The largest absolute Gasteiger partial charge is 0.336 e. The molecule has 0 radical (unpaired) electrons. The average molecular weight is 238 g/mol. The van der Waals surface area contributed by atoms with Gasteiger partial charge in [-0.3, -0.25) is 0 Å². The molecular weight excluding hydrogens is 226 g/mol. The molecule has 4 nitrogen and oxygen atoms in total. The summed E-state index contributed by atoms with van der Waals surface area (Å²) in [5.41, 5.74) is 0.768. The predicted molar refractivity (Wildman–Crippen MR) is 63.5 cm³/mol. The number of nitrogens with one attached hydrogen (secondary N) is 1. The third kappa shape index (κ3) is 2.33. The molecule has 0 fully saturated rings. The van der Waals surface area contributed by atoms with Gasteiger partial charge >= 0.3 is 6.01 Å². The Morgan fingerprint density at radius 1 is 1.31 bits per heavy atom. The summed E-state index contributed by atoms with van der Waals surface area (Å²) in [5, 5.41) is 7.51. The van der Waals surface area contributed by atoms with Crippen LogP contribution in [-0.2, 0) is 0 Å². The van der Waals surface area contributed by atoms with E-state index in [2.05, 4.69) is 15.5 Å². The number of rotatable bonds is 3. The zero-order valence-electron chi connectivity index (χ0n) is 9.07. The van der Waals surface area contributed by atoms with Crippen molar-refractivity contribution in [2.45, 2.75) is 19.9 Å². The lowest BCUT2D eigenvalue weighted by atomic mass is 10.2. The van der Waals surface area contributed by atoms with E-state index in [1.807, 2.05) is 32.0 Å². The Morgan fingerprint density at radius 2 is 2.06 bits per heavy atom. The smallest absolute Gasteiger partial charge is 0.321 e. The lowest BCUT2D eigenvalue weighted by Gasteiger charge is -2.01. The molecule has 2 aromatic rings. The Labute approximate surface area is 98.6 Å². The van der Waals surface area contributed by atoms with Crippen LogP contribution in [0.4, 0.5) is 6.01 Å². The molecule has 1 N–H and O–H groups in total. The van der Waals surface area contributed by atoms with Gasteiger partial charge in [0.1, 0.15) is 0 Å². The first-order valence-corrected chi connectivity index (χ1v) is 5.40. The number of hydrogen-bond donors (Lipinski definition) is 1. The third-order valence-electron chi connectivity index (χ3n) is 1.95. The van der Waals surface area contributed by atoms with E-state index in [9.17, 15) is 0 Å². The quantitative estimate of drug-likeness (QED) is 0.891. The van der Waals surface area contributed by atoms with Crippen LogP contribution in [0, 0.1) is 0 Å². The first-order valence-electron chi connectivity index (χ1n) is 5.02. The Hall–Kier alpha value is -1.55. The molecule has 0 aliphatic carbocycles. The fourth-order valence-electron chi connectivity index (χ4n) is 1.28. The van der Waals surface area contributed by atoms with Gasteiger partial charge in [-0.1, -0.05) is 28.9 Å². The van der Waals surface area contributed by atoms with Crippen molar-refractivity contribution in [2.24, 2.45) is 0 Å². The summed E-state index contributed by atoms with van der Waals surface area (Å²) in [7, 11) is 0. The summed E-state index contributed by atoms with van der Waals surface area (Å²) in [6.07, 6.45) is 0. The average Bonchev–Trinajstić information content (AvgIpc) is 2.66. The van der Waals surface area contributed by atoms with E-state index < -0.39 is 0 Å². The van der Waals surface area contributed by atoms with Crippen LogP contribution in [0.2, 0.25) is 5.02 Å². The van der Waals surface area contributed by atoms with Crippen LogP contribution in [0.25, 0.3) is 11.4 Å². The summed E-state index contributed by atoms with van der Waals surface area (Å²) >= 11 is 6.03. The fraction of sp³-hybridized carbons (Fsp3) is 0.273. The van der Waals surface area contributed by atoms with Crippen LogP contribution in [0.15, 0.2) is 28.8 Å². The normalized spacial score (nSPS) is 10.8. The van der Waals surface area contributed by atoms with E-state index in [0.29, 0.717) is 16.9 Å². The zero-order valence-corrected chi connectivity index (χ0v) is 9.82.